The summed E-state index contributed by atoms with van der Waals surface area (Å²) < 4.78 is 10.8. The molecule has 2 fully saturated rings. The summed E-state index contributed by atoms with van der Waals surface area (Å²) in [6.07, 6.45) is -0.166. The van der Waals surface area contributed by atoms with Gasteiger partial charge in [0.15, 0.2) is 0 Å². The van der Waals surface area contributed by atoms with Gasteiger partial charge in [-0.15, -0.1) is 0 Å². The Balaban J connectivity index is 1.92. The standard InChI is InChI=1S/C11H20N2O3/c1-11(2,3)16-10(14)13-4-7-8(12)6-15-9(7)5-13/h7-9H,4-6,12H2,1-3H3/t7-,8-,9+/m0/s1. The number of hydrogen-bond donors (Lipinski definition) is 1. The Bertz CT molecular complexity index is 287. The molecule has 5 nitrogen and oxygen atoms in total. The molecule has 1 amide bonds. The second-order valence-corrected chi connectivity index (χ2v) is 5.58. The van der Waals surface area contributed by atoms with Gasteiger partial charge in [-0.05, 0) is 20.8 Å². The van der Waals surface area contributed by atoms with Gasteiger partial charge in [0.25, 0.3) is 0 Å². The Morgan fingerprint density at radius 1 is 1.44 bits per heavy atom. The Kier molecular flexibility index (Phi) is 2.84. The van der Waals surface area contributed by atoms with Crippen LogP contribution >= 0.6 is 0 Å². The second kappa shape index (κ2) is 3.89. The lowest BCUT2D eigenvalue weighted by Gasteiger charge is -2.25. The van der Waals surface area contributed by atoms with Gasteiger partial charge in [0.1, 0.15) is 5.60 Å². The molecule has 0 aromatic carbocycles. The lowest BCUT2D eigenvalue weighted by molar-refractivity contribution is 0.0231. The van der Waals surface area contributed by atoms with Crippen LogP contribution in [0, 0.1) is 5.92 Å². The Morgan fingerprint density at radius 2 is 2.12 bits per heavy atom. The van der Waals surface area contributed by atoms with Gasteiger partial charge in [-0.3, -0.25) is 0 Å². The Morgan fingerprint density at radius 3 is 2.69 bits per heavy atom. The fourth-order valence-corrected chi connectivity index (χ4v) is 2.22. The molecule has 0 aliphatic carbocycles. The lowest BCUT2D eigenvalue weighted by atomic mass is 10.0. The average Bonchev–Trinajstić information content (AvgIpc) is 2.65. The highest BCUT2D eigenvalue weighted by atomic mass is 16.6. The third-order valence-electron chi connectivity index (χ3n) is 3.01. The molecule has 2 rings (SSSR count). The number of likely N-dealkylation sites (tertiary alicyclic amines) is 1. The molecule has 2 N–H and O–H groups in total. The number of nitrogens with zero attached hydrogens (tertiary/aromatic N) is 1. The van der Waals surface area contributed by atoms with Crippen LogP contribution in [0.2, 0.25) is 0 Å². The van der Waals surface area contributed by atoms with Crippen molar-refractivity contribution in [3.8, 4) is 0 Å². The molecular weight excluding hydrogens is 208 g/mol. The van der Waals surface area contributed by atoms with E-state index in [0.717, 1.165) is 0 Å². The van der Waals surface area contributed by atoms with Gasteiger partial charge in [-0.25, -0.2) is 4.79 Å². The van der Waals surface area contributed by atoms with Crippen molar-refractivity contribution in [1.29, 1.82) is 0 Å². The smallest absolute Gasteiger partial charge is 0.410 e. The predicted molar refractivity (Wildman–Crippen MR) is 59.0 cm³/mol. The van der Waals surface area contributed by atoms with E-state index in [2.05, 4.69) is 0 Å². The number of hydrogen-bond acceptors (Lipinski definition) is 4. The summed E-state index contributed by atoms with van der Waals surface area (Å²) in [4.78, 5) is 13.5. The highest BCUT2D eigenvalue weighted by molar-refractivity contribution is 5.68. The first kappa shape index (κ1) is 11.7. The zero-order valence-corrected chi connectivity index (χ0v) is 10.1. The van der Waals surface area contributed by atoms with Gasteiger partial charge in [-0.1, -0.05) is 0 Å². The number of amides is 1. The minimum atomic E-state index is -0.447. The van der Waals surface area contributed by atoms with Crippen LogP contribution in [0.5, 0.6) is 0 Å². The van der Waals surface area contributed by atoms with Crippen LogP contribution in [0.15, 0.2) is 0 Å². The molecular formula is C11H20N2O3. The van der Waals surface area contributed by atoms with Crippen molar-refractivity contribution < 1.29 is 14.3 Å². The van der Waals surface area contributed by atoms with E-state index in [-0.39, 0.29) is 24.2 Å². The third kappa shape index (κ3) is 2.30. The van der Waals surface area contributed by atoms with Gasteiger partial charge in [0.2, 0.25) is 0 Å². The van der Waals surface area contributed by atoms with E-state index < -0.39 is 5.60 Å². The average molecular weight is 228 g/mol. The van der Waals surface area contributed by atoms with Crippen molar-refractivity contribution in [2.75, 3.05) is 19.7 Å². The topological polar surface area (TPSA) is 64.8 Å². The van der Waals surface area contributed by atoms with E-state index in [9.17, 15) is 4.79 Å². The van der Waals surface area contributed by atoms with Crippen molar-refractivity contribution in [2.45, 2.75) is 38.5 Å². The largest absolute Gasteiger partial charge is 0.444 e. The minimum Gasteiger partial charge on any atom is -0.444 e. The van der Waals surface area contributed by atoms with Crippen LogP contribution in [-0.4, -0.2) is 48.4 Å². The fraction of sp³-hybridized carbons (Fsp3) is 0.909. The summed E-state index contributed by atoms with van der Waals surface area (Å²) in [6.45, 7) is 7.46. The molecule has 3 atom stereocenters. The van der Waals surface area contributed by atoms with Crippen LogP contribution < -0.4 is 5.73 Å². The summed E-state index contributed by atoms with van der Waals surface area (Å²) in [5, 5.41) is 0. The van der Waals surface area contributed by atoms with Gasteiger partial charge >= 0.3 is 6.09 Å². The summed E-state index contributed by atoms with van der Waals surface area (Å²) in [5.41, 5.74) is 5.46. The summed E-state index contributed by atoms with van der Waals surface area (Å²) in [5.74, 6) is 0.271. The number of fused-ring (bicyclic) bond motifs is 1. The second-order valence-electron chi connectivity index (χ2n) is 5.58. The third-order valence-corrected chi connectivity index (χ3v) is 3.01. The Hall–Kier alpha value is -0.810. The summed E-state index contributed by atoms with van der Waals surface area (Å²) in [7, 11) is 0. The number of nitrogens with two attached hydrogens (primary N) is 1. The number of carbonyl (C=O) groups excluding carboxylic acids is 1. The molecule has 0 aromatic heterocycles. The highest BCUT2D eigenvalue weighted by Gasteiger charge is 2.44. The van der Waals surface area contributed by atoms with E-state index in [1.807, 2.05) is 20.8 Å². The molecule has 0 aromatic rings. The maximum Gasteiger partial charge on any atom is 0.410 e. The minimum absolute atomic E-state index is 0.0532. The quantitative estimate of drug-likeness (QED) is 0.658. The Labute approximate surface area is 95.9 Å². The highest BCUT2D eigenvalue weighted by Crippen LogP contribution is 2.29. The summed E-state index contributed by atoms with van der Waals surface area (Å²) >= 11 is 0. The van der Waals surface area contributed by atoms with Gasteiger partial charge in [-0.2, -0.15) is 0 Å². The van der Waals surface area contributed by atoms with Crippen LogP contribution in [0.25, 0.3) is 0 Å². The molecule has 0 radical (unpaired) electrons. The molecule has 0 saturated carbocycles. The first-order valence-corrected chi connectivity index (χ1v) is 5.72. The van der Waals surface area contributed by atoms with Gasteiger partial charge in [0.05, 0.1) is 19.3 Å². The van der Waals surface area contributed by atoms with Crippen LogP contribution in [0.3, 0.4) is 0 Å². The molecule has 92 valence electrons. The molecule has 2 aliphatic rings. The number of carbonyl (C=O) groups is 1. The van der Waals surface area contributed by atoms with E-state index in [1.165, 1.54) is 0 Å². The zero-order chi connectivity index (χ0) is 11.9. The van der Waals surface area contributed by atoms with Crippen LogP contribution in [-0.2, 0) is 9.47 Å². The van der Waals surface area contributed by atoms with Crippen molar-refractivity contribution in [3.05, 3.63) is 0 Å². The molecule has 2 heterocycles. The number of rotatable bonds is 0. The molecule has 5 heteroatoms. The van der Waals surface area contributed by atoms with Gasteiger partial charge in [0, 0.05) is 18.5 Å². The molecule has 16 heavy (non-hydrogen) atoms. The SMILES string of the molecule is CC(C)(C)OC(=O)N1C[C@H]2[C@@H](N)CO[C@@H]2C1. The number of ether oxygens (including phenoxy) is 2. The maximum absolute atomic E-state index is 11.8. The van der Waals surface area contributed by atoms with Crippen molar-refractivity contribution >= 4 is 6.09 Å². The molecule has 2 aliphatic heterocycles. The normalized spacial score (nSPS) is 34.0. The van der Waals surface area contributed by atoms with Crippen molar-refractivity contribution in [1.82, 2.24) is 4.90 Å². The van der Waals surface area contributed by atoms with E-state index in [1.54, 1.807) is 4.90 Å². The molecule has 2 saturated heterocycles. The van der Waals surface area contributed by atoms with Gasteiger partial charge < -0.3 is 20.1 Å². The maximum atomic E-state index is 11.8. The lowest BCUT2D eigenvalue weighted by Crippen LogP contribution is -2.38. The van der Waals surface area contributed by atoms with E-state index in [4.69, 9.17) is 15.2 Å². The molecule has 0 bridgehead atoms. The monoisotopic (exact) mass is 228 g/mol. The molecule has 0 unspecified atom stereocenters. The summed E-state index contributed by atoms with van der Waals surface area (Å²) in [6, 6.07) is 0.0532. The van der Waals surface area contributed by atoms with Crippen LogP contribution in [0.4, 0.5) is 4.79 Å². The zero-order valence-electron chi connectivity index (χ0n) is 10.1. The fourth-order valence-electron chi connectivity index (χ4n) is 2.22. The predicted octanol–water partition coefficient (Wildman–Crippen LogP) is 0.579. The van der Waals surface area contributed by atoms with E-state index >= 15 is 0 Å². The molecule has 0 spiro atoms. The van der Waals surface area contributed by atoms with Crippen LogP contribution in [0.1, 0.15) is 20.8 Å². The van der Waals surface area contributed by atoms with Crippen molar-refractivity contribution in [2.24, 2.45) is 11.7 Å². The first-order valence-electron chi connectivity index (χ1n) is 5.72. The van der Waals surface area contributed by atoms with Crippen molar-refractivity contribution in [3.63, 3.8) is 0 Å². The van der Waals surface area contributed by atoms with E-state index in [0.29, 0.717) is 19.7 Å². The first-order chi connectivity index (χ1) is 7.37.